The lowest BCUT2D eigenvalue weighted by Crippen LogP contribution is -2.33. The van der Waals surface area contributed by atoms with Gasteiger partial charge in [-0.2, -0.15) is 0 Å². The van der Waals surface area contributed by atoms with Gasteiger partial charge in [-0.1, -0.05) is 17.7 Å². The largest absolute Gasteiger partial charge is 0.461 e. The Balaban J connectivity index is 1.41. The average Bonchev–Trinajstić information content (AvgIpc) is 3.47. The molecule has 0 atom stereocenters. The van der Waals surface area contributed by atoms with E-state index < -0.39 is 52.5 Å². The number of imide groups is 1. The van der Waals surface area contributed by atoms with Crippen LogP contribution in [0.3, 0.4) is 0 Å². The number of furan rings is 1. The standard InChI is InChI=1S/C25H16N2O9/c1-13-7-8-17-15(12-13)21(29)23(22(35-17)18-6-3-11-34-18)36-19(28)9-10-26-24(30)14-4-2-5-16(27(32)33)20(14)25(26)31/h2-8,11-12H,9-10H2,1H3. The molecule has 2 aromatic carbocycles. The molecule has 0 saturated carbocycles. The lowest BCUT2D eigenvalue weighted by atomic mass is 10.1. The second-order valence-corrected chi connectivity index (χ2v) is 8.01. The number of fused-ring (bicyclic) bond motifs is 2. The normalized spacial score (nSPS) is 12.8. The molecule has 180 valence electrons. The van der Waals surface area contributed by atoms with Gasteiger partial charge in [0.15, 0.2) is 5.76 Å². The first-order chi connectivity index (χ1) is 17.3. The van der Waals surface area contributed by atoms with Crippen LogP contribution in [0.15, 0.2) is 68.4 Å². The van der Waals surface area contributed by atoms with E-state index in [4.69, 9.17) is 13.6 Å². The number of amides is 2. The number of nitro benzene ring substituents is 1. The number of ether oxygens (including phenoxy) is 1. The van der Waals surface area contributed by atoms with Crippen LogP contribution in [-0.2, 0) is 4.79 Å². The van der Waals surface area contributed by atoms with Crippen molar-refractivity contribution in [3.8, 4) is 17.3 Å². The summed E-state index contributed by atoms with van der Waals surface area (Å²) in [5.74, 6) is -2.90. The lowest BCUT2D eigenvalue weighted by Gasteiger charge is -2.13. The van der Waals surface area contributed by atoms with Gasteiger partial charge in [-0.3, -0.25) is 34.2 Å². The topological polar surface area (TPSA) is 150 Å². The number of carbonyl (C=O) groups is 3. The van der Waals surface area contributed by atoms with E-state index in [2.05, 4.69) is 0 Å². The fraction of sp³-hybridized carbons (Fsp3) is 0.120. The zero-order valence-electron chi connectivity index (χ0n) is 18.7. The Labute approximate surface area is 201 Å². The molecule has 0 bridgehead atoms. The molecular weight excluding hydrogens is 472 g/mol. The first-order valence-electron chi connectivity index (χ1n) is 10.7. The third kappa shape index (κ3) is 3.72. The van der Waals surface area contributed by atoms with E-state index in [1.165, 1.54) is 24.5 Å². The number of nitro groups is 1. The summed E-state index contributed by atoms with van der Waals surface area (Å²) in [5.41, 5.74) is -0.485. The van der Waals surface area contributed by atoms with E-state index in [-0.39, 0.29) is 33.6 Å². The smallest absolute Gasteiger partial charge is 0.313 e. The first-order valence-corrected chi connectivity index (χ1v) is 10.7. The number of rotatable bonds is 6. The maximum atomic E-state index is 13.2. The highest BCUT2D eigenvalue weighted by molar-refractivity contribution is 6.23. The molecule has 11 nitrogen and oxygen atoms in total. The van der Waals surface area contributed by atoms with Gasteiger partial charge in [-0.05, 0) is 37.3 Å². The third-order valence-corrected chi connectivity index (χ3v) is 5.68. The number of benzene rings is 2. The van der Waals surface area contributed by atoms with Crippen molar-refractivity contribution in [2.24, 2.45) is 0 Å². The number of hydrogen-bond acceptors (Lipinski definition) is 9. The number of nitrogens with zero attached hydrogens (tertiary/aromatic N) is 2. The van der Waals surface area contributed by atoms with Crippen molar-refractivity contribution in [3.63, 3.8) is 0 Å². The second kappa shape index (κ2) is 8.62. The Morgan fingerprint density at radius 2 is 1.89 bits per heavy atom. The van der Waals surface area contributed by atoms with Crippen LogP contribution in [0.5, 0.6) is 5.75 Å². The van der Waals surface area contributed by atoms with Crippen LogP contribution >= 0.6 is 0 Å². The van der Waals surface area contributed by atoms with Crippen LogP contribution in [0.2, 0.25) is 0 Å². The van der Waals surface area contributed by atoms with E-state index >= 15 is 0 Å². The van der Waals surface area contributed by atoms with Crippen molar-refractivity contribution in [1.29, 1.82) is 0 Å². The Morgan fingerprint density at radius 3 is 2.61 bits per heavy atom. The number of aryl methyl sites for hydroxylation is 1. The Kier molecular flexibility index (Phi) is 5.44. The summed E-state index contributed by atoms with van der Waals surface area (Å²) in [6.07, 6.45) is 0.893. The maximum Gasteiger partial charge on any atom is 0.313 e. The summed E-state index contributed by atoms with van der Waals surface area (Å²) in [7, 11) is 0. The van der Waals surface area contributed by atoms with Gasteiger partial charge in [-0.15, -0.1) is 0 Å². The van der Waals surface area contributed by atoms with Gasteiger partial charge in [0, 0.05) is 12.6 Å². The third-order valence-electron chi connectivity index (χ3n) is 5.68. The lowest BCUT2D eigenvalue weighted by molar-refractivity contribution is -0.385. The fourth-order valence-electron chi connectivity index (χ4n) is 3.99. The molecule has 0 radical (unpaired) electrons. The quantitative estimate of drug-likeness (QED) is 0.170. The number of carbonyl (C=O) groups excluding carboxylic acids is 3. The van der Waals surface area contributed by atoms with Crippen LogP contribution in [-0.4, -0.2) is 34.2 Å². The molecule has 1 aliphatic heterocycles. The summed E-state index contributed by atoms with van der Waals surface area (Å²) in [6.45, 7) is 1.38. The minimum absolute atomic E-state index is 0.0916. The molecule has 0 fully saturated rings. The summed E-state index contributed by atoms with van der Waals surface area (Å²) < 4.78 is 16.5. The van der Waals surface area contributed by atoms with Crippen molar-refractivity contribution in [2.75, 3.05) is 6.54 Å². The molecule has 2 aromatic heterocycles. The summed E-state index contributed by atoms with van der Waals surface area (Å²) in [6, 6.07) is 11.8. The van der Waals surface area contributed by atoms with E-state index in [1.54, 1.807) is 31.2 Å². The molecular formula is C25H16N2O9. The van der Waals surface area contributed by atoms with Gasteiger partial charge < -0.3 is 13.6 Å². The van der Waals surface area contributed by atoms with Crippen molar-refractivity contribution in [1.82, 2.24) is 4.90 Å². The summed E-state index contributed by atoms with van der Waals surface area (Å²) in [4.78, 5) is 62.5. The molecule has 5 rings (SSSR count). The van der Waals surface area contributed by atoms with Gasteiger partial charge >= 0.3 is 5.97 Å². The predicted octanol–water partition coefficient (Wildman–Crippen LogP) is 3.86. The molecule has 0 N–H and O–H groups in total. The van der Waals surface area contributed by atoms with E-state index in [0.29, 0.717) is 0 Å². The molecule has 0 spiro atoms. The fourth-order valence-corrected chi connectivity index (χ4v) is 3.99. The minimum Gasteiger partial charge on any atom is -0.461 e. The van der Waals surface area contributed by atoms with E-state index in [1.807, 2.05) is 0 Å². The Bertz CT molecular complexity index is 1630. The van der Waals surface area contributed by atoms with Gasteiger partial charge in [0.1, 0.15) is 11.1 Å². The SMILES string of the molecule is Cc1ccc2oc(-c3ccco3)c(OC(=O)CCN3C(=O)c4cccc([N+](=O)[O-])c4C3=O)c(=O)c2c1. The van der Waals surface area contributed by atoms with Crippen molar-refractivity contribution >= 4 is 34.4 Å². The highest BCUT2D eigenvalue weighted by atomic mass is 16.6. The van der Waals surface area contributed by atoms with Crippen LogP contribution in [0, 0.1) is 17.0 Å². The molecule has 0 aliphatic carbocycles. The van der Waals surface area contributed by atoms with E-state index in [0.717, 1.165) is 16.5 Å². The van der Waals surface area contributed by atoms with Crippen molar-refractivity contribution in [3.05, 3.63) is 91.8 Å². The van der Waals surface area contributed by atoms with Gasteiger partial charge in [0.05, 0.1) is 28.6 Å². The monoisotopic (exact) mass is 488 g/mol. The maximum absolute atomic E-state index is 13.2. The van der Waals surface area contributed by atoms with Gasteiger partial charge in [-0.25, -0.2) is 0 Å². The number of esters is 1. The molecule has 3 heterocycles. The highest BCUT2D eigenvalue weighted by Gasteiger charge is 2.41. The highest BCUT2D eigenvalue weighted by Crippen LogP contribution is 2.33. The molecule has 2 amide bonds. The van der Waals surface area contributed by atoms with Crippen LogP contribution in [0.25, 0.3) is 22.5 Å². The average molecular weight is 488 g/mol. The van der Waals surface area contributed by atoms with Crippen LogP contribution in [0.1, 0.15) is 32.7 Å². The Morgan fingerprint density at radius 1 is 1.08 bits per heavy atom. The molecule has 0 unspecified atom stereocenters. The second-order valence-electron chi connectivity index (χ2n) is 8.01. The van der Waals surface area contributed by atoms with Gasteiger partial charge in [0.2, 0.25) is 16.9 Å². The van der Waals surface area contributed by atoms with Crippen LogP contribution in [0.4, 0.5) is 5.69 Å². The first kappa shape index (κ1) is 22.7. The molecule has 11 heteroatoms. The summed E-state index contributed by atoms with van der Waals surface area (Å²) in [5, 5.41) is 11.5. The summed E-state index contributed by atoms with van der Waals surface area (Å²) >= 11 is 0. The van der Waals surface area contributed by atoms with Crippen LogP contribution < -0.4 is 10.2 Å². The zero-order chi connectivity index (χ0) is 25.6. The molecule has 1 aliphatic rings. The van der Waals surface area contributed by atoms with Gasteiger partial charge in [0.25, 0.3) is 17.5 Å². The molecule has 0 saturated heterocycles. The predicted molar refractivity (Wildman–Crippen MR) is 124 cm³/mol. The zero-order valence-corrected chi connectivity index (χ0v) is 18.7. The number of hydrogen-bond donors (Lipinski definition) is 0. The van der Waals surface area contributed by atoms with E-state index in [9.17, 15) is 29.3 Å². The molecule has 4 aromatic rings. The minimum atomic E-state index is -0.923. The van der Waals surface area contributed by atoms with Crippen molar-refractivity contribution in [2.45, 2.75) is 13.3 Å². The molecule has 36 heavy (non-hydrogen) atoms. The van der Waals surface area contributed by atoms with Crippen molar-refractivity contribution < 1.29 is 32.9 Å². The Hall–Kier alpha value is -5.06.